The fraction of sp³-hybridized carbons (Fsp3) is 0.765. The molecule has 4 N–H and O–H groups in total. The molecule has 0 rings (SSSR count). The van der Waals surface area contributed by atoms with Gasteiger partial charge < -0.3 is 25.2 Å². The molecule has 0 aliphatic carbocycles. The number of carboxylic acids is 1. The predicted molar refractivity (Wildman–Crippen MR) is 180 cm³/mol. The number of allylic oxidation sites excluding steroid dienone is 6. The highest BCUT2D eigenvalue weighted by Crippen LogP contribution is 2.43. The van der Waals surface area contributed by atoms with E-state index in [1.54, 1.807) is 0 Å². The molecule has 0 aliphatic heterocycles. The lowest BCUT2D eigenvalue weighted by Crippen LogP contribution is -2.34. The second-order valence-electron chi connectivity index (χ2n) is 11.3. The van der Waals surface area contributed by atoms with Crippen LogP contribution in [0, 0.1) is 0 Å². The summed E-state index contributed by atoms with van der Waals surface area (Å²) in [6.45, 7) is 3.69. The van der Waals surface area contributed by atoms with Gasteiger partial charge in [-0.15, -0.1) is 0 Å². The van der Waals surface area contributed by atoms with Crippen LogP contribution in [0.5, 0.6) is 0 Å². The number of ether oxygens (including phenoxy) is 2. The third-order valence-corrected chi connectivity index (χ3v) is 7.88. The van der Waals surface area contributed by atoms with Gasteiger partial charge in [-0.25, -0.2) is 4.57 Å². The highest BCUT2D eigenvalue weighted by molar-refractivity contribution is 7.47. The third-order valence-electron chi connectivity index (χ3n) is 6.93. The fourth-order valence-electron chi connectivity index (χ4n) is 4.26. The predicted octanol–water partition coefficient (Wildman–Crippen LogP) is 8.19. The molecule has 0 heterocycles. The van der Waals surface area contributed by atoms with E-state index in [-0.39, 0.29) is 13.0 Å². The maximum absolute atomic E-state index is 12.5. The van der Waals surface area contributed by atoms with Gasteiger partial charge >= 0.3 is 19.8 Å². The van der Waals surface area contributed by atoms with Gasteiger partial charge in [0.2, 0.25) is 0 Å². The Kier molecular flexibility index (Phi) is 29.6. The number of carboxylic acid groups (broad SMARTS) is 1. The van der Waals surface area contributed by atoms with E-state index in [0.29, 0.717) is 13.0 Å². The summed E-state index contributed by atoms with van der Waals surface area (Å²) in [6.07, 6.45) is 30.7. The number of hydrogen-bond donors (Lipinski definition) is 3. The zero-order valence-corrected chi connectivity index (χ0v) is 28.8. The summed E-state index contributed by atoms with van der Waals surface area (Å²) in [4.78, 5) is 33.2. The number of hydrogen-bond acceptors (Lipinski definition) is 8. The Morgan fingerprint density at radius 2 is 1.29 bits per heavy atom. The first-order valence-electron chi connectivity index (χ1n) is 17.0. The van der Waals surface area contributed by atoms with Gasteiger partial charge in [0.05, 0.1) is 19.8 Å². The van der Waals surface area contributed by atoms with Crippen LogP contribution in [0.15, 0.2) is 36.5 Å². The molecule has 262 valence electrons. The molecular formula is C34H62NO9P. The molecule has 0 fully saturated rings. The van der Waals surface area contributed by atoms with Crippen LogP contribution >= 0.6 is 7.82 Å². The number of phosphoric ester groups is 1. The molecule has 0 saturated heterocycles. The van der Waals surface area contributed by atoms with Crippen molar-refractivity contribution in [2.75, 3.05) is 26.4 Å². The van der Waals surface area contributed by atoms with Crippen molar-refractivity contribution in [2.45, 2.75) is 142 Å². The number of esters is 1. The van der Waals surface area contributed by atoms with E-state index in [4.69, 9.17) is 24.8 Å². The van der Waals surface area contributed by atoms with Gasteiger partial charge in [0.1, 0.15) is 12.1 Å². The SMILES string of the molecule is CC/C=C\C/C=C\C/C=C\CCCCCCCC(=O)OC(COCCCCCCCCCC)COP(=O)(O)OCC(N)C(=O)O. The molecule has 45 heavy (non-hydrogen) atoms. The highest BCUT2D eigenvalue weighted by atomic mass is 31.2. The summed E-state index contributed by atoms with van der Waals surface area (Å²) in [6, 6.07) is -1.47. The van der Waals surface area contributed by atoms with Gasteiger partial charge in [0, 0.05) is 13.0 Å². The van der Waals surface area contributed by atoms with E-state index < -0.39 is 45.1 Å². The molecule has 0 amide bonds. The van der Waals surface area contributed by atoms with Crippen molar-refractivity contribution < 1.29 is 42.7 Å². The second-order valence-corrected chi connectivity index (χ2v) is 12.7. The van der Waals surface area contributed by atoms with Gasteiger partial charge in [-0.1, -0.05) is 115 Å². The van der Waals surface area contributed by atoms with E-state index >= 15 is 0 Å². The van der Waals surface area contributed by atoms with Crippen molar-refractivity contribution in [1.29, 1.82) is 0 Å². The average molecular weight is 660 g/mol. The van der Waals surface area contributed by atoms with Crippen LogP contribution in [0.3, 0.4) is 0 Å². The van der Waals surface area contributed by atoms with Crippen molar-refractivity contribution in [2.24, 2.45) is 5.73 Å². The fourth-order valence-corrected chi connectivity index (χ4v) is 5.04. The van der Waals surface area contributed by atoms with Crippen LogP contribution in [0.2, 0.25) is 0 Å². The minimum absolute atomic E-state index is 0.0100. The third kappa shape index (κ3) is 30.6. The molecule has 0 aromatic carbocycles. The van der Waals surface area contributed by atoms with Crippen molar-refractivity contribution in [3.8, 4) is 0 Å². The number of phosphoric acid groups is 1. The number of carbonyl (C=O) groups excluding carboxylic acids is 1. The van der Waals surface area contributed by atoms with Gasteiger partial charge in [-0.05, 0) is 44.9 Å². The smallest absolute Gasteiger partial charge is 0.472 e. The summed E-state index contributed by atoms with van der Waals surface area (Å²) in [7, 11) is -4.60. The lowest BCUT2D eigenvalue weighted by molar-refractivity contribution is -0.154. The van der Waals surface area contributed by atoms with Crippen molar-refractivity contribution in [3.63, 3.8) is 0 Å². The van der Waals surface area contributed by atoms with Crippen LogP contribution < -0.4 is 5.73 Å². The zero-order valence-electron chi connectivity index (χ0n) is 28.0. The molecule has 0 spiro atoms. The molecule has 3 unspecified atom stereocenters. The molecule has 0 saturated carbocycles. The number of aliphatic carboxylic acids is 1. The van der Waals surface area contributed by atoms with Gasteiger partial charge in [0.25, 0.3) is 0 Å². The Balaban J connectivity index is 4.36. The first kappa shape index (κ1) is 43.2. The number of rotatable bonds is 32. The van der Waals surface area contributed by atoms with Crippen molar-refractivity contribution >= 4 is 19.8 Å². The average Bonchev–Trinajstić information content (AvgIpc) is 3.01. The lowest BCUT2D eigenvalue weighted by atomic mass is 10.1. The monoisotopic (exact) mass is 659 g/mol. The highest BCUT2D eigenvalue weighted by Gasteiger charge is 2.27. The van der Waals surface area contributed by atoms with E-state index in [9.17, 15) is 19.0 Å². The Hall–Kier alpha value is -1.81. The molecule has 0 aliphatic rings. The summed E-state index contributed by atoms with van der Waals surface area (Å²) in [5.74, 6) is -1.80. The van der Waals surface area contributed by atoms with Crippen molar-refractivity contribution in [3.05, 3.63) is 36.5 Å². The molecule has 0 aromatic heterocycles. The number of nitrogens with two attached hydrogens (primary N) is 1. The first-order chi connectivity index (χ1) is 21.7. The summed E-state index contributed by atoms with van der Waals surface area (Å²) < 4.78 is 33.0. The molecule has 0 aromatic rings. The molecule has 0 radical (unpaired) electrons. The first-order valence-corrected chi connectivity index (χ1v) is 18.5. The topological polar surface area (TPSA) is 155 Å². The van der Waals surface area contributed by atoms with Crippen molar-refractivity contribution in [1.82, 2.24) is 0 Å². The maximum Gasteiger partial charge on any atom is 0.472 e. The van der Waals surface area contributed by atoms with Crippen LogP contribution in [-0.4, -0.2) is 60.5 Å². The zero-order chi connectivity index (χ0) is 33.4. The summed E-state index contributed by atoms with van der Waals surface area (Å²) in [5, 5.41) is 8.83. The standard InChI is InChI=1S/C34H62NO9P/c1-3-5-7-9-11-13-14-15-16-17-18-19-20-22-24-26-33(36)44-31(28-41-27-25-23-21-12-10-8-6-4-2)29-42-45(39,40)43-30-32(35)34(37)38/h5,7,11,13,15-16,31-32H,3-4,6,8-10,12,14,17-30,35H2,1-2H3,(H,37,38)(H,39,40)/b7-5-,13-11-,16-15-. The van der Waals surface area contributed by atoms with E-state index in [2.05, 4.69) is 54.8 Å². The minimum atomic E-state index is -4.60. The van der Waals surface area contributed by atoms with E-state index in [0.717, 1.165) is 70.6 Å². The molecular weight excluding hydrogens is 597 g/mol. The molecule has 11 heteroatoms. The molecule has 3 atom stereocenters. The Bertz CT molecular complexity index is 863. The summed E-state index contributed by atoms with van der Waals surface area (Å²) >= 11 is 0. The maximum atomic E-state index is 12.5. The Morgan fingerprint density at radius 1 is 0.733 bits per heavy atom. The molecule has 10 nitrogen and oxygen atoms in total. The minimum Gasteiger partial charge on any atom is -0.480 e. The largest absolute Gasteiger partial charge is 0.480 e. The second kappa shape index (κ2) is 30.8. The van der Waals surface area contributed by atoms with Gasteiger partial charge in [0.15, 0.2) is 0 Å². The van der Waals surface area contributed by atoms with Crippen LogP contribution in [-0.2, 0) is 32.7 Å². The van der Waals surface area contributed by atoms with Gasteiger partial charge in [-0.3, -0.25) is 18.6 Å². The Labute approximate surface area is 272 Å². The van der Waals surface area contributed by atoms with Crippen LogP contribution in [0.25, 0.3) is 0 Å². The van der Waals surface area contributed by atoms with Gasteiger partial charge in [-0.2, -0.15) is 0 Å². The van der Waals surface area contributed by atoms with Crippen LogP contribution in [0.1, 0.15) is 129 Å². The quantitative estimate of drug-likeness (QED) is 0.0279. The van der Waals surface area contributed by atoms with Crippen LogP contribution in [0.4, 0.5) is 0 Å². The molecule has 0 bridgehead atoms. The number of carbonyl (C=O) groups is 2. The lowest BCUT2D eigenvalue weighted by Gasteiger charge is -2.20. The van der Waals surface area contributed by atoms with E-state index in [1.165, 1.54) is 32.1 Å². The number of unbranched alkanes of at least 4 members (excludes halogenated alkanes) is 12. The Morgan fingerprint density at radius 3 is 1.93 bits per heavy atom. The summed E-state index contributed by atoms with van der Waals surface area (Å²) in [5.41, 5.74) is 5.31. The van der Waals surface area contributed by atoms with E-state index in [1.807, 2.05) is 0 Å². The normalized spacial score (nSPS) is 14.8.